The minimum absolute atomic E-state index is 0.0616. The molecule has 0 radical (unpaired) electrons. The largest absolute Gasteiger partial charge is 0.370 e. The second-order valence-corrected chi connectivity index (χ2v) is 4.58. The summed E-state index contributed by atoms with van der Waals surface area (Å²) < 4.78 is 0. The highest BCUT2D eigenvalue weighted by Gasteiger charge is 2.04. The number of guanidine groups is 1. The Morgan fingerprint density at radius 1 is 1.35 bits per heavy atom. The van der Waals surface area contributed by atoms with Gasteiger partial charge >= 0.3 is 0 Å². The highest BCUT2D eigenvalue weighted by Crippen LogP contribution is 2.15. The first kappa shape index (κ1) is 13.8. The molecule has 2 aromatic rings. The third-order valence-corrected chi connectivity index (χ3v) is 2.45. The summed E-state index contributed by atoms with van der Waals surface area (Å²) >= 11 is 0. The standard InChI is InChI=1S/C14H17N5O/c1-9(2)16-13(15)19-14-17-11(8-12(20)18-14)10-6-4-3-5-7-10/h3-9H,1-2H3,(H4,15,16,17,18,19,20). The number of aliphatic imine (C=N–C) groups is 1. The number of benzene rings is 1. The van der Waals surface area contributed by atoms with Gasteiger partial charge in [0.05, 0.1) is 5.69 Å². The molecule has 0 amide bonds. The molecule has 0 spiro atoms. The Morgan fingerprint density at radius 3 is 2.70 bits per heavy atom. The molecule has 0 aliphatic rings. The zero-order valence-electron chi connectivity index (χ0n) is 11.4. The minimum atomic E-state index is -0.251. The highest BCUT2D eigenvalue weighted by atomic mass is 16.1. The number of nitrogens with one attached hydrogen (secondary N) is 2. The molecule has 0 unspecified atom stereocenters. The molecular weight excluding hydrogens is 254 g/mol. The Kier molecular flexibility index (Phi) is 4.14. The van der Waals surface area contributed by atoms with Crippen LogP contribution in [0.3, 0.4) is 0 Å². The summed E-state index contributed by atoms with van der Waals surface area (Å²) in [5.41, 5.74) is 6.91. The molecule has 6 nitrogen and oxygen atoms in total. The Morgan fingerprint density at radius 2 is 2.05 bits per heavy atom. The van der Waals surface area contributed by atoms with Crippen LogP contribution < -0.4 is 16.6 Å². The lowest BCUT2D eigenvalue weighted by atomic mass is 10.1. The van der Waals surface area contributed by atoms with Gasteiger partial charge in [0.1, 0.15) is 0 Å². The molecule has 2 rings (SSSR count). The molecule has 1 aromatic heterocycles. The van der Waals surface area contributed by atoms with Gasteiger partial charge in [-0.25, -0.2) is 4.98 Å². The van der Waals surface area contributed by atoms with Crippen molar-refractivity contribution in [1.29, 1.82) is 0 Å². The van der Waals surface area contributed by atoms with E-state index in [-0.39, 0.29) is 23.5 Å². The topological polar surface area (TPSA) is 96.2 Å². The average molecular weight is 271 g/mol. The number of anilines is 1. The monoisotopic (exact) mass is 271 g/mol. The quantitative estimate of drug-likeness (QED) is 0.583. The lowest BCUT2D eigenvalue weighted by Gasteiger charge is -2.07. The van der Waals surface area contributed by atoms with E-state index in [4.69, 9.17) is 5.73 Å². The average Bonchev–Trinajstić information content (AvgIpc) is 2.38. The number of nitrogens with zero attached hydrogens (tertiary/aromatic N) is 2. The molecule has 20 heavy (non-hydrogen) atoms. The van der Waals surface area contributed by atoms with Crippen LogP contribution in [0.15, 0.2) is 46.2 Å². The molecule has 0 aliphatic heterocycles. The van der Waals surface area contributed by atoms with Crippen LogP contribution in [0.5, 0.6) is 0 Å². The van der Waals surface area contributed by atoms with Gasteiger partial charge in [0, 0.05) is 17.7 Å². The van der Waals surface area contributed by atoms with Crippen molar-refractivity contribution in [1.82, 2.24) is 9.97 Å². The van der Waals surface area contributed by atoms with E-state index >= 15 is 0 Å². The number of aromatic amines is 1. The summed E-state index contributed by atoms with van der Waals surface area (Å²) in [4.78, 5) is 22.7. The summed E-state index contributed by atoms with van der Waals surface area (Å²) in [6, 6.07) is 11.0. The van der Waals surface area contributed by atoms with Gasteiger partial charge < -0.3 is 5.73 Å². The van der Waals surface area contributed by atoms with Crippen LogP contribution in [0.4, 0.5) is 5.95 Å². The van der Waals surface area contributed by atoms with Gasteiger partial charge in [0.25, 0.3) is 5.56 Å². The first-order valence-corrected chi connectivity index (χ1v) is 6.31. The Bertz CT molecular complexity index is 661. The fourth-order valence-electron chi connectivity index (χ4n) is 1.71. The number of rotatable bonds is 3. The third kappa shape index (κ3) is 3.68. The van der Waals surface area contributed by atoms with E-state index in [1.165, 1.54) is 6.07 Å². The van der Waals surface area contributed by atoms with Crippen molar-refractivity contribution in [2.45, 2.75) is 19.9 Å². The maximum Gasteiger partial charge on any atom is 0.252 e. The molecule has 0 saturated carbocycles. The van der Waals surface area contributed by atoms with E-state index in [1.54, 1.807) is 0 Å². The van der Waals surface area contributed by atoms with Crippen molar-refractivity contribution in [2.75, 3.05) is 5.32 Å². The fourth-order valence-corrected chi connectivity index (χ4v) is 1.71. The zero-order valence-corrected chi connectivity index (χ0v) is 11.4. The number of nitrogens with two attached hydrogens (primary N) is 1. The van der Waals surface area contributed by atoms with E-state index in [0.29, 0.717) is 5.69 Å². The normalized spacial score (nSPS) is 11.7. The summed E-state index contributed by atoms with van der Waals surface area (Å²) in [5.74, 6) is 0.492. The van der Waals surface area contributed by atoms with E-state index in [2.05, 4.69) is 20.3 Å². The van der Waals surface area contributed by atoms with Gasteiger partial charge in [-0.05, 0) is 13.8 Å². The van der Waals surface area contributed by atoms with Crippen LogP contribution in [0.1, 0.15) is 13.8 Å². The van der Waals surface area contributed by atoms with Crippen molar-refractivity contribution < 1.29 is 0 Å². The van der Waals surface area contributed by atoms with Gasteiger partial charge in [-0.3, -0.25) is 20.1 Å². The van der Waals surface area contributed by atoms with Crippen molar-refractivity contribution in [3.63, 3.8) is 0 Å². The molecule has 0 aliphatic carbocycles. The van der Waals surface area contributed by atoms with Gasteiger partial charge in [0.15, 0.2) is 5.96 Å². The molecule has 0 bridgehead atoms. The van der Waals surface area contributed by atoms with Crippen LogP contribution in [-0.4, -0.2) is 22.0 Å². The molecule has 1 heterocycles. The molecule has 1 aromatic carbocycles. The van der Waals surface area contributed by atoms with Crippen LogP contribution in [-0.2, 0) is 0 Å². The van der Waals surface area contributed by atoms with E-state index in [0.717, 1.165) is 5.56 Å². The molecule has 0 atom stereocenters. The Balaban J connectivity index is 2.33. The van der Waals surface area contributed by atoms with Gasteiger partial charge in [0.2, 0.25) is 5.95 Å². The maximum absolute atomic E-state index is 11.7. The summed E-state index contributed by atoms with van der Waals surface area (Å²) in [5, 5.41) is 2.79. The second kappa shape index (κ2) is 6.01. The van der Waals surface area contributed by atoms with Gasteiger partial charge in [-0.2, -0.15) is 0 Å². The molecule has 6 heteroatoms. The summed E-state index contributed by atoms with van der Waals surface area (Å²) in [6.07, 6.45) is 0. The first-order valence-electron chi connectivity index (χ1n) is 6.31. The number of aromatic nitrogens is 2. The minimum Gasteiger partial charge on any atom is -0.370 e. The summed E-state index contributed by atoms with van der Waals surface area (Å²) in [6.45, 7) is 3.82. The smallest absolute Gasteiger partial charge is 0.252 e. The Hall–Kier alpha value is -2.63. The van der Waals surface area contributed by atoms with Crippen LogP contribution >= 0.6 is 0 Å². The molecular formula is C14H17N5O. The van der Waals surface area contributed by atoms with Gasteiger partial charge in [-0.15, -0.1) is 0 Å². The van der Waals surface area contributed by atoms with Crippen molar-refractivity contribution in [2.24, 2.45) is 10.7 Å². The fraction of sp³-hybridized carbons (Fsp3) is 0.214. The molecule has 0 saturated heterocycles. The first-order chi connectivity index (χ1) is 9.54. The van der Waals surface area contributed by atoms with Gasteiger partial charge in [-0.1, -0.05) is 30.3 Å². The van der Waals surface area contributed by atoms with Crippen LogP contribution in [0, 0.1) is 0 Å². The van der Waals surface area contributed by atoms with E-state index < -0.39 is 0 Å². The summed E-state index contributed by atoms with van der Waals surface area (Å²) in [7, 11) is 0. The van der Waals surface area contributed by atoms with Crippen LogP contribution in [0.25, 0.3) is 11.3 Å². The molecule has 0 fully saturated rings. The maximum atomic E-state index is 11.7. The molecule has 4 N–H and O–H groups in total. The number of hydrogen-bond acceptors (Lipinski definition) is 3. The third-order valence-electron chi connectivity index (χ3n) is 2.45. The predicted octanol–water partition coefficient (Wildman–Crippen LogP) is 1.57. The SMILES string of the molecule is CC(C)N=C(N)Nc1nc(-c2ccccc2)cc(=O)[nH]1. The molecule has 104 valence electrons. The van der Waals surface area contributed by atoms with Crippen LogP contribution in [0.2, 0.25) is 0 Å². The Labute approximate surface area is 116 Å². The predicted molar refractivity (Wildman–Crippen MR) is 80.7 cm³/mol. The highest BCUT2D eigenvalue weighted by molar-refractivity contribution is 5.90. The second-order valence-electron chi connectivity index (χ2n) is 4.58. The van der Waals surface area contributed by atoms with Crippen molar-refractivity contribution >= 4 is 11.9 Å². The lowest BCUT2D eigenvalue weighted by Crippen LogP contribution is -2.26. The zero-order chi connectivity index (χ0) is 14.5. The van der Waals surface area contributed by atoms with Crippen molar-refractivity contribution in [3.05, 3.63) is 46.8 Å². The lowest BCUT2D eigenvalue weighted by molar-refractivity contribution is 0.833. The number of hydrogen-bond donors (Lipinski definition) is 3. The van der Waals surface area contributed by atoms with Crippen molar-refractivity contribution in [3.8, 4) is 11.3 Å². The van der Waals surface area contributed by atoms with E-state index in [1.807, 2.05) is 44.2 Å². The number of H-pyrrole nitrogens is 1. The van der Waals surface area contributed by atoms with E-state index in [9.17, 15) is 4.79 Å².